The summed E-state index contributed by atoms with van der Waals surface area (Å²) in [5.41, 5.74) is 4.20. The number of carbonyl (C=O) groups excluding carboxylic acids is 1. The molecule has 0 fully saturated rings. The van der Waals surface area contributed by atoms with Crippen LogP contribution in [0.5, 0.6) is 5.75 Å². The highest BCUT2D eigenvalue weighted by atomic mass is 32.1. The van der Waals surface area contributed by atoms with Gasteiger partial charge in [-0.05, 0) is 24.1 Å². The lowest BCUT2D eigenvalue weighted by Crippen LogP contribution is -2.24. The molecule has 2 heterocycles. The van der Waals surface area contributed by atoms with Crippen molar-refractivity contribution in [2.24, 2.45) is 0 Å². The molecular formula is C21H20N2O2S. The first-order valence-corrected chi connectivity index (χ1v) is 9.60. The number of benzene rings is 2. The van der Waals surface area contributed by atoms with Crippen molar-refractivity contribution >= 4 is 17.2 Å². The molecule has 0 saturated heterocycles. The summed E-state index contributed by atoms with van der Waals surface area (Å²) in [7, 11) is 0. The fourth-order valence-corrected chi connectivity index (χ4v) is 3.94. The van der Waals surface area contributed by atoms with Gasteiger partial charge in [-0.3, -0.25) is 4.79 Å². The fourth-order valence-electron chi connectivity index (χ4n) is 3.11. The molecule has 1 N–H and O–H groups in total. The van der Waals surface area contributed by atoms with Crippen LogP contribution < -0.4 is 10.1 Å². The van der Waals surface area contributed by atoms with Gasteiger partial charge in [0.15, 0.2) is 0 Å². The van der Waals surface area contributed by atoms with Gasteiger partial charge in [0.25, 0.3) is 0 Å². The second-order valence-electron chi connectivity index (χ2n) is 6.54. The van der Waals surface area contributed by atoms with Gasteiger partial charge in [-0.2, -0.15) is 0 Å². The molecule has 26 heavy (non-hydrogen) atoms. The first-order valence-electron chi connectivity index (χ1n) is 8.72. The molecule has 1 amide bonds. The Bertz CT molecular complexity index is 921. The average molecular weight is 364 g/mol. The van der Waals surface area contributed by atoms with Crippen molar-refractivity contribution in [2.75, 3.05) is 0 Å². The smallest absolute Gasteiger partial charge is 0.226 e. The van der Waals surface area contributed by atoms with Crippen LogP contribution >= 0.6 is 11.3 Å². The van der Waals surface area contributed by atoms with Crippen LogP contribution in [-0.2, 0) is 24.2 Å². The molecule has 0 bridgehead atoms. The van der Waals surface area contributed by atoms with Gasteiger partial charge in [0.2, 0.25) is 5.91 Å². The molecule has 0 spiro atoms. The molecule has 1 aliphatic heterocycles. The van der Waals surface area contributed by atoms with Crippen LogP contribution in [0.3, 0.4) is 0 Å². The number of carbonyl (C=O) groups is 1. The van der Waals surface area contributed by atoms with E-state index in [1.807, 2.05) is 47.8 Å². The van der Waals surface area contributed by atoms with Gasteiger partial charge in [-0.25, -0.2) is 4.98 Å². The maximum atomic E-state index is 12.2. The molecule has 0 radical (unpaired) electrons. The summed E-state index contributed by atoms with van der Waals surface area (Å²) >= 11 is 1.57. The van der Waals surface area contributed by atoms with E-state index in [4.69, 9.17) is 4.74 Å². The van der Waals surface area contributed by atoms with E-state index in [9.17, 15) is 4.79 Å². The molecular weight excluding hydrogens is 344 g/mol. The van der Waals surface area contributed by atoms with Gasteiger partial charge < -0.3 is 10.1 Å². The highest BCUT2D eigenvalue weighted by Crippen LogP contribution is 2.29. The van der Waals surface area contributed by atoms with Crippen molar-refractivity contribution in [2.45, 2.75) is 32.4 Å². The van der Waals surface area contributed by atoms with E-state index in [2.05, 4.69) is 23.3 Å². The van der Waals surface area contributed by atoms with Crippen molar-refractivity contribution < 1.29 is 9.53 Å². The molecule has 1 atom stereocenters. The summed E-state index contributed by atoms with van der Waals surface area (Å²) in [4.78, 5) is 16.8. The SMILES string of the molecule is CC1Cc2cc(CNC(=O)Cc3csc(-c4ccccc4)n3)ccc2O1. The average Bonchev–Trinajstić information content (AvgIpc) is 3.26. The van der Waals surface area contributed by atoms with E-state index in [0.29, 0.717) is 13.0 Å². The number of hydrogen-bond donors (Lipinski definition) is 1. The Morgan fingerprint density at radius 3 is 2.96 bits per heavy atom. The number of fused-ring (bicyclic) bond motifs is 1. The van der Waals surface area contributed by atoms with Gasteiger partial charge >= 0.3 is 0 Å². The monoisotopic (exact) mass is 364 g/mol. The molecule has 0 saturated carbocycles. The van der Waals surface area contributed by atoms with Gasteiger partial charge in [0.1, 0.15) is 16.9 Å². The van der Waals surface area contributed by atoms with Gasteiger partial charge in [0, 0.05) is 23.9 Å². The molecule has 2 aromatic carbocycles. The standard InChI is InChI=1S/C21H20N2O2S/c1-14-9-17-10-15(7-8-19(17)25-14)12-22-20(24)11-18-13-26-21(23-18)16-5-3-2-4-6-16/h2-8,10,13-14H,9,11-12H2,1H3,(H,22,24). The quantitative estimate of drug-likeness (QED) is 0.745. The molecule has 1 aliphatic rings. The fraction of sp³-hybridized carbons (Fsp3) is 0.238. The lowest BCUT2D eigenvalue weighted by Gasteiger charge is -2.06. The van der Waals surface area contributed by atoms with Crippen molar-refractivity contribution in [1.29, 1.82) is 0 Å². The maximum Gasteiger partial charge on any atom is 0.226 e. The molecule has 132 valence electrons. The van der Waals surface area contributed by atoms with Crippen LogP contribution in [-0.4, -0.2) is 17.0 Å². The van der Waals surface area contributed by atoms with Crippen LogP contribution in [0.4, 0.5) is 0 Å². The minimum atomic E-state index is -0.0139. The number of aromatic nitrogens is 1. The predicted molar refractivity (Wildman–Crippen MR) is 103 cm³/mol. The first kappa shape index (κ1) is 16.8. The Balaban J connectivity index is 1.34. The number of hydrogen-bond acceptors (Lipinski definition) is 4. The number of nitrogens with zero attached hydrogens (tertiary/aromatic N) is 1. The molecule has 1 unspecified atom stereocenters. The summed E-state index contributed by atoms with van der Waals surface area (Å²) in [5.74, 6) is 0.948. The van der Waals surface area contributed by atoms with E-state index in [-0.39, 0.29) is 12.0 Å². The summed E-state index contributed by atoms with van der Waals surface area (Å²) in [6.07, 6.45) is 1.46. The molecule has 3 aromatic rings. The van der Waals surface area contributed by atoms with Crippen molar-refractivity contribution in [1.82, 2.24) is 10.3 Å². The van der Waals surface area contributed by atoms with Crippen LogP contribution in [0, 0.1) is 0 Å². The zero-order valence-electron chi connectivity index (χ0n) is 14.6. The highest BCUT2D eigenvalue weighted by Gasteiger charge is 2.19. The highest BCUT2D eigenvalue weighted by molar-refractivity contribution is 7.13. The second kappa shape index (κ2) is 7.30. The second-order valence-corrected chi connectivity index (χ2v) is 7.40. The Hall–Kier alpha value is -2.66. The van der Waals surface area contributed by atoms with Crippen molar-refractivity contribution in [3.8, 4) is 16.3 Å². The van der Waals surface area contributed by atoms with E-state index < -0.39 is 0 Å². The van der Waals surface area contributed by atoms with Crippen LogP contribution in [0.2, 0.25) is 0 Å². The third kappa shape index (κ3) is 3.78. The Morgan fingerprint density at radius 1 is 1.27 bits per heavy atom. The minimum Gasteiger partial charge on any atom is -0.490 e. The number of amides is 1. The molecule has 1 aromatic heterocycles. The first-order chi connectivity index (χ1) is 12.7. The third-order valence-electron chi connectivity index (χ3n) is 4.36. The van der Waals surface area contributed by atoms with E-state index in [0.717, 1.165) is 34.0 Å². The number of rotatable bonds is 5. The Morgan fingerprint density at radius 2 is 2.12 bits per heavy atom. The molecule has 4 rings (SSSR count). The maximum absolute atomic E-state index is 12.2. The lowest BCUT2D eigenvalue weighted by molar-refractivity contribution is -0.120. The molecule has 4 nitrogen and oxygen atoms in total. The van der Waals surface area contributed by atoms with E-state index in [1.165, 1.54) is 5.56 Å². The largest absolute Gasteiger partial charge is 0.490 e. The van der Waals surface area contributed by atoms with Crippen LogP contribution in [0.25, 0.3) is 10.6 Å². The van der Waals surface area contributed by atoms with Crippen molar-refractivity contribution in [3.63, 3.8) is 0 Å². The summed E-state index contributed by atoms with van der Waals surface area (Å²) in [6.45, 7) is 2.59. The van der Waals surface area contributed by atoms with Gasteiger partial charge in [-0.15, -0.1) is 11.3 Å². The Labute approximate surface area is 156 Å². The van der Waals surface area contributed by atoms with Gasteiger partial charge in [-0.1, -0.05) is 42.5 Å². The zero-order valence-corrected chi connectivity index (χ0v) is 15.4. The predicted octanol–water partition coefficient (Wildman–Crippen LogP) is 3.99. The van der Waals surface area contributed by atoms with E-state index >= 15 is 0 Å². The zero-order chi connectivity index (χ0) is 17.9. The lowest BCUT2D eigenvalue weighted by atomic mass is 10.1. The topological polar surface area (TPSA) is 51.2 Å². The number of nitrogens with one attached hydrogen (secondary N) is 1. The van der Waals surface area contributed by atoms with Crippen LogP contribution in [0.1, 0.15) is 23.7 Å². The summed E-state index contributed by atoms with van der Waals surface area (Å²) in [5, 5.41) is 5.88. The van der Waals surface area contributed by atoms with Crippen LogP contribution in [0.15, 0.2) is 53.9 Å². The Kier molecular flexibility index (Phi) is 4.71. The normalized spacial score (nSPS) is 15.3. The minimum absolute atomic E-state index is 0.0139. The van der Waals surface area contributed by atoms with Crippen molar-refractivity contribution in [3.05, 3.63) is 70.7 Å². The third-order valence-corrected chi connectivity index (χ3v) is 5.30. The van der Waals surface area contributed by atoms with E-state index in [1.54, 1.807) is 11.3 Å². The summed E-state index contributed by atoms with van der Waals surface area (Å²) < 4.78 is 5.71. The molecule has 0 aliphatic carbocycles. The van der Waals surface area contributed by atoms with Gasteiger partial charge in [0.05, 0.1) is 12.1 Å². The number of thiazole rings is 1. The summed E-state index contributed by atoms with van der Waals surface area (Å²) in [6, 6.07) is 16.1. The number of ether oxygens (including phenoxy) is 1. The molecule has 5 heteroatoms.